The number of hydrogen-bond donors (Lipinski definition) is 1. The van der Waals surface area contributed by atoms with E-state index in [0.29, 0.717) is 0 Å². The quantitative estimate of drug-likeness (QED) is 0.407. The molecule has 0 amide bonds. The van der Waals surface area contributed by atoms with Gasteiger partial charge in [0.15, 0.2) is 5.45 Å². The third kappa shape index (κ3) is 5.61. The molecule has 0 saturated heterocycles. The number of hydrogen-bond acceptors (Lipinski definition) is 6. The topological polar surface area (TPSA) is 94.1 Å². The van der Waals surface area contributed by atoms with E-state index in [4.69, 9.17) is 9.05 Å². The number of nitrogens with one attached hydrogen (secondary N) is 1. The molecule has 7 nitrogen and oxygen atoms in total. The van der Waals surface area contributed by atoms with Crippen molar-refractivity contribution in [3.8, 4) is 0 Å². The van der Waals surface area contributed by atoms with Crippen LogP contribution in [-0.2, 0) is 23.6 Å². The molecule has 2 aromatic rings. The van der Waals surface area contributed by atoms with Gasteiger partial charge in [0.2, 0.25) is 0 Å². The summed E-state index contributed by atoms with van der Waals surface area (Å²) in [5, 5.41) is 3.80. The van der Waals surface area contributed by atoms with E-state index in [1.165, 1.54) is 32.4 Å². The van der Waals surface area contributed by atoms with Gasteiger partial charge in [0.1, 0.15) is 0 Å². The summed E-state index contributed by atoms with van der Waals surface area (Å²) in [5.41, 5.74) is 1.56. The van der Waals surface area contributed by atoms with Gasteiger partial charge in [-0.15, -0.1) is 0 Å². The summed E-state index contributed by atoms with van der Waals surface area (Å²) in [4.78, 5) is 2.12. The zero-order valence-corrected chi connectivity index (χ0v) is 16.9. The van der Waals surface area contributed by atoms with Gasteiger partial charge in [-0.3, -0.25) is 4.57 Å². The number of sulfonamides is 1. The number of nitrogens with zero attached hydrogens (tertiary/aromatic N) is 1. The van der Waals surface area contributed by atoms with Gasteiger partial charge in [0.05, 0.1) is 4.90 Å². The largest absolute Gasteiger partial charge is 0.380 e. The summed E-state index contributed by atoms with van der Waals surface area (Å²) >= 11 is 0. The number of rotatable bonds is 8. The zero-order chi connectivity index (χ0) is 19.9. The van der Waals surface area contributed by atoms with Gasteiger partial charge in [0, 0.05) is 14.2 Å². The minimum Gasteiger partial charge on any atom is -0.307 e. The molecule has 2 rings (SSSR count). The standard InChI is InChI=1S/C18H21N2O5PS/c1-15-9-12-17(13-10-15)27(22,23)20-19-18(26(21,24-2)25-3)14-11-16-7-5-4-6-8-16/h4-14,20H,1-3H3/b14-11+,19-18-. The average Bonchev–Trinajstić information content (AvgIpc) is 2.68. The maximum absolute atomic E-state index is 12.7. The van der Waals surface area contributed by atoms with Crippen molar-refractivity contribution in [3.05, 3.63) is 71.8 Å². The lowest BCUT2D eigenvalue weighted by atomic mass is 10.2. The highest BCUT2D eigenvalue weighted by atomic mass is 32.2. The van der Waals surface area contributed by atoms with Crippen LogP contribution in [0.5, 0.6) is 0 Å². The first-order valence-electron chi connectivity index (χ1n) is 7.92. The average molecular weight is 408 g/mol. The molecular formula is C18H21N2O5PS. The summed E-state index contributed by atoms with van der Waals surface area (Å²) in [6, 6.07) is 15.4. The fourth-order valence-corrected chi connectivity index (χ4v) is 3.90. The van der Waals surface area contributed by atoms with Crippen molar-refractivity contribution in [2.45, 2.75) is 11.8 Å². The van der Waals surface area contributed by atoms with Crippen LogP contribution >= 0.6 is 7.60 Å². The molecule has 0 spiro atoms. The summed E-state index contributed by atoms with van der Waals surface area (Å²) in [5.74, 6) is 0. The van der Waals surface area contributed by atoms with Gasteiger partial charge in [-0.25, -0.2) is 0 Å². The molecule has 144 valence electrons. The molecule has 1 N–H and O–H groups in total. The lowest BCUT2D eigenvalue weighted by molar-refractivity contribution is 0.290. The van der Waals surface area contributed by atoms with Crippen LogP contribution in [0.25, 0.3) is 6.08 Å². The summed E-state index contributed by atoms with van der Waals surface area (Å²) in [6.45, 7) is 1.85. The van der Waals surface area contributed by atoms with Crippen LogP contribution in [0.4, 0.5) is 0 Å². The Morgan fingerprint density at radius 2 is 1.63 bits per heavy atom. The molecule has 0 atom stereocenters. The van der Waals surface area contributed by atoms with Gasteiger partial charge in [0.25, 0.3) is 10.0 Å². The first-order valence-corrected chi connectivity index (χ1v) is 10.9. The molecule has 2 aromatic carbocycles. The predicted molar refractivity (Wildman–Crippen MR) is 106 cm³/mol. The van der Waals surface area contributed by atoms with Crippen molar-refractivity contribution in [1.82, 2.24) is 4.83 Å². The molecule has 0 unspecified atom stereocenters. The minimum atomic E-state index is -3.94. The highest BCUT2D eigenvalue weighted by Crippen LogP contribution is 2.48. The minimum absolute atomic E-state index is 0.0351. The Labute approximate surface area is 159 Å². The summed E-state index contributed by atoms with van der Waals surface area (Å²) in [6.07, 6.45) is 3.02. The number of aryl methyl sites for hydroxylation is 1. The predicted octanol–water partition coefficient (Wildman–Crippen LogP) is 3.79. The first kappa shape index (κ1) is 21.1. The van der Waals surface area contributed by atoms with Crippen LogP contribution in [0, 0.1) is 6.92 Å². The second-order valence-electron chi connectivity index (χ2n) is 5.48. The molecule has 0 saturated carbocycles. The molecule has 9 heteroatoms. The van der Waals surface area contributed by atoms with Crippen LogP contribution in [0.1, 0.15) is 11.1 Å². The van der Waals surface area contributed by atoms with Gasteiger partial charge < -0.3 is 9.05 Å². The number of hydrazone groups is 1. The Bertz CT molecular complexity index is 963. The highest BCUT2D eigenvalue weighted by molar-refractivity contribution is 7.89. The van der Waals surface area contributed by atoms with Crippen LogP contribution in [0.15, 0.2) is 70.7 Å². The van der Waals surface area contributed by atoms with Crippen molar-refractivity contribution < 1.29 is 22.0 Å². The van der Waals surface area contributed by atoms with Gasteiger partial charge >= 0.3 is 7.60 Å². The van der Waals surface area contributed by atoms with Gasteiger partial charge in [-0.1, -0.05) is 54.1 Å². The lowest BCUT2D eigenvalue weighted by Gasteiger charge is -2.14. The van der Waals surface area contributed by atoms with E-state index in [-0.39, 0.29) is 10.3 Å². The number of allylic oxidation sites excluding steroid dienone is 1. The Balaban J connectivity index is 2.36. The molecule has 0 fully saturated rings. The molecule has 0 bridgehead atoms. The monoisotopic (exact) mass is 408 g/mol. The van der Waals surface area contributed by atoms with E-state index in [1.54, 1.807) is 18.2 Å². The molecular weight excluding hydrogens is 387 g/mol. The van der Waals surface area contributed by atoms with E-state index in [0.717, 1.165) is 11.1 Å². The second-order valence-corrected chi connectivity index (χ2v) is 9.33. The lowest BCUT2D eigenvalue weighted by Crippen LogP contribution is -2.20. The normalized spacial score (nSPS) is 13.1. The molecule has 0 aliphatic heterocycles. The fraction of sp³-hybridized carbons (Fsp3) is 0.167. The molecule has 0 aromatic heterocycles. The van der Waals surface area contributed by atoms with Crippen LogP contribution < -0.4 is 4.83 Å². The van der Waals surface area contributed by atoms with E-state index in [1.807, 2.05) is 37.3 Å². The smallest absolute Gasteiger partial charge is 0.307 e. The maximum Gasteiger partial charge on any atom is 0.380 e. The third-order valence-corrected chi connectivity index (χ3v) is 6.59. The zero-order valence-electron chi connectivity index (χ0n) is 15.2. The first-order chi connectivity index (χ1) is 12.8. The molecule has 0 aliphatic rings. The van der Waals surface area contributed by atoms with Crippen LogP contribution in [-0.4, -0.2) is 28.1 Å². The Kier molecular flexibility index (Phi) is 7.10. The van der Waals surface area contributed by atoms with E-state index in [9.17, 15) is 13.0 Å². The molecule has 0 radical (unpaired) electrons. The summed E-state index contributed by atoms with van der Waals surface area (Å²) < 4.78 is 47.4. The van der Waals surface area contributed by atoms with Crippen molar-refractivity contribution >= 4 is 29.1 Å². The summed E-state index contributed by atoms with van der Waals surface area (Å²) in [7, 11) is -5.31. The second kappa shape index (κ2) is 9.10. The Morgan fingerprint density at radius 3 is 2.19 bits per heavy atom. The SMILES string of the molecule is COP(=O)(OC)C(/C=C/c1ccccc1)=N\NS(=O)(=O)c1ccc(C)cc1. The van der Waals surface area contributed by atoms with Crippen molar-refractivity contribution in [2.75, 3.05) is 14.2 Å². The van der Waals surface area contributed by atoms with Crippen LogP contribution in [0.2, 0.25) is 0 Å². The number of benzene rings is 2. The van der Waals surface area contributed by atoms with Crippen molar-refractivity contribution in [1.29, 1.82) is 0 Å². The maximum atomic E-state index is 12.7. The third-order valence-electron chi connectivity index (χ3n) is 3.60. The van der Waals surface area contributed by atoms with Gasteiger partial charge in [-0.2, -0.15) is 18.4 Å². The molecule has 27 heavy (non-hydrogen) atoms. The molecule has 0 heterocycles. The van der Waals surface area contributed by atoms with Gasteiger partial charge in [-0.05, 0) is 30.7 Å². The fourth-order valence-electron chi connectivity index (χ4n) is 2.06. The van der Waals surface area contributed by atoms with Crippen molar-refractivity contribution in [3.63, 3.8) is 0 Å². The van der Waals surface area contributed by atoms with Crippen molar-refractivity contribution in [2.24, 2.45) is 5.10 Å². The Hall–Kier alpha value is -2.25. The van der Waals surface area contributed by atoms with Crippen LogP contribution in [0.3, 0.4) is 0 Å². The highest BCUT2D eigenvalue weighted by Gasteiger charge is 2.28. The van der Waals surface area contributed by atoms with E-state index < -0.39 is 17.6 Å². The molecule has 0 aliphatic carbocycles. The Morgan fingerprint density at radius 1 is 1.04 bits per heavy atom. The van der Waals surface area contributed by atoms with E-state index in [2.05, 4.69) is 9.93 Å². The van der Waals surface area contributed by atoms with E-state index >= 15 is 0 Å².